The first kappa shape index (κ1) is 26.6. The number of hydrogen-bond donors (Lipinski definition) is 3. The second-order valence-corrected chi connectivity index (χ2v) is 8.96. The maximum absolute atomic E-state index is 13.0. The van der Waals surface area contributed by atoms with Crippen molar-refractivity contribution in [1.29, 1.82) is 0 Å². The predicted octanol–water partition coefficient (Wildman–Crippen LogP) is 4.91. The van der Waals surface area contributed by atoms with Crippen LogP contribution in [0.25, 0.3) is 10.9 Å². The largest absolute Gasteiger partial charge is 0.454 e. The van der Waals surface area contributed by atoms with Crippen molar-refractivity contribution >= 4 is 63.3 Å². The minimum atomic E-state index is -1.16. The monoisotopic (exact) mass is 554 g/mol. The molecular weight excluding hydrogens is 535 g/mol. The molecule has 38 heavy (non-hydrogen) atoms. The van der Waals surface area contributed by atoms with E-state index in [0.29, 0.717) is 0 Å². The number of rotatable bonds is 9. The first-order valence-corrected chi connectivity index (χ1v) is 12.0. The molecule has 3 N–H and O–H groups in total. The van der Waals surface area contributed by atoms with E-state index in [9.17, 15) is 24.5 Å². The van der Waals surface area contributed by atoms with Crippen LogP contribution in [0, 0.1) is 10.1 Å². The zero-order valence-corrected chi connectivity index (χ0v) is 21.1. The molecule has 0 aliphatic rings. The lowest BCUT2D eigenvalue weighted by molar-refractivity contribution is -0.384. The van der Waals surface area contributed by atoms with Crippen LogP contribution in [-0.4, -0.2) is 40.3 Å². The average Bonchev–Trinajstić information content (AvgIpc) is 3.31. The molecule has 0 saturated heterocycles. The highest BCUT2D eigenvalue weighted by Crippen LogP contribution is 2.26. The number of aromatic nitrogens is 1. The lowest BCUT2D eigenvalue weighted by Gasteiger charge is -2.18. The smallest absolute Gasteiger partial charge is 0.329 e. The second kappa shape index (κ2) is 11.8. The molecule has 0 radical (unpaired) electrons. The summed E-state index contributed by atoms with van der Waals surface area (Å²) >= 11 is 12.1. The van der Waals surface area contributed by atoms with Gasteiger partial charge in [0.15, 0.2) is 6.61 Å². The highest BCUT2D eigenvalue weighted by molar-refractivity contribution is 6.34. The maximum atomic E-state index is 13.0. The molecule has 194 valence electrons. The summed E-state index contributed by atoms with van der Waals surface area (Å²) in [6, 6.07) is 16.2. The number of non-ortho nitro benzene ring substituents is 1. The van der Waals surface area contributed by atoms with Crippen LogP contribution < -0.4 is 10.6 Å². The van der Waals surface area contributed by atoms with Crippen LogP contribution in [0.2, 0.25) is 10.0 Å². The van der Waals surface area contributed by atoms with Gasteiger partial charge in [-0.3, -0.25) is 19.7 Å². The number of carbonyl (C=O) groups excluding carboxylic acids is 3. The summed E-state index contributed by atoms with van der Waals surface area (Å²) in [4.78, 5) is 51.9. The molecule has 10 nitrogen and oxygen atoms in total. The Morgan fingerprint density at radius 2 is 1.74 bits per heavy atom. The fourth-order valence-corrected chi connectivity index (χ4v) is 4.13. The molecule has 4 rings (SSSR count). The minimum absolute atomic E-state index is 0.00993. The number of anilines is 1. The Morgan fingerprint density at radius 1 is 1.00 bits per heavy atom. The molecule has 0 fully saturated rings. The third kappa shape index (κ3) is 6.28. The number of benzene rings is 3. The normalized spacial score (nSPS) is 11.5. The first-order valence-electron chi connectivity index (χ1n) is 11.2. The van der Waals surface area contributed by atoms with Gasteiger partial charge in [0.05, 0.1) is 26.2 Å². The van der Waals surface area contributed by atoms with Crippen LogP contribution in [0.5, 0.6) is 0 Å². The molecule has 1 atom stereocenters. The summed E-state index contributed by atoms with van der Waals surface area (Å²) in [5.74, 6) is -2.23. The number of carbonyl (C=O) groups is 3. The number of esters is 1. The van der Waals surface area contributed by atoms with Gasteiger partial charge in [0.1, 0.15) is 6.04 Å². The van der Waals surface area contributed by atoms with E-state index in [1.807, 2.05) is 24.3 Å². The van der Waals surface area contributed by atoms with Gasteiger partial charge in [-0.2, -0.15) is 0 Å². The van der Waals surface area contributed by atoms with Crippen molar-refractivity contribution in [2.75, 3.05) is 11.9 Å². The van der Waals surface area contributed by atoms with E-state index in [4.69, 9.17) is 27.9 Å². The number of halogens is 2. The molecule has 0 spiro atoms. The molecule has 0 bridgehead atoms. The molecule has 3 aromatic carbocycles. The zero-order chi connectivity index (χ0) is 27.2. The van der Waals surface area contributed by atoms with E-state index in [1.165, 1.54) is 18.2 Å². The van der Waals surface area contributed by atoms with E-state index in [1.54, 1.807) is 24.4 Å². The standard InChI is InChI=1S/C26H20Cl2N4O6/c27-19-7-3-1-6-18(19)25(34)31-23(11-15-13-29-21-8-4-2-5-17(15)21)26(35)38-14-24(33)30-22-12-16(32(36)37)9-10-20(22)28/h1-10,12-13,23,29H,11,14H2,(H,30,33)(H,31,34). The molecule has 1 heterocycles. The van der Waals surface area contributed by atoms with Gasteiger partial charge < -0.3 is 20.4 Å². The predicted molar refractivity (Wildman–Crippen MR) is 142 cm³/mol. The van der Waals surface area contributed by atoms with Crippen molar-refractivity contribution < 1.29 is 24.0 Å². The number of H-pyrrole nitrogens is 1. The van der Waals surface area contributed by atoms with Crippen LogP contribution in [-0.2, 0) is 20.7 Å². The second-order valence-electron chi connectivity index (χ2n) is 8.15. The molecule has 0 aliphatic heterocycles. The average molecular weight is 555 g/mol. The molecule has 0 saturated carbocycles. The lowest BCUT2D eigenvalue weighted by atomic mass is 10.0. The van der Waals surface area contributed by atoms with Gasteiger partial charge in [-0.15, -0.1) is 0 Å². The third-order valence-electron chi connectivity index (χ3n) is 5.59. The Labute approximate surface area is 226 Å². The van der Waals surface area contributed by atoms with Crippen LogP contribution in [0.4, 0.5) is 11.4 Å². The fourth-order valence-electron chi connectivity index (χ4n) is 3.74. The molecule has 1 aromatic heterocycles. The number of nitrogens with one attached hydrogen (secondary N) is 3. The highest BCUT2D eigenvalue weighted by atomic mass is 35.5. The summed E-state index contributed by atoms with van der Waals surface area (Å²) in [5.41, 5.74) is 1.48. The Balaban J connectivity index is 1.49. The van der Waals surface area contributed by atoms with Crippen molar-refractivity contribution in [3.8, 4) is 0 Å². The van der Waals surface area contributed by atoms with Crippen molar-refractivity contribution in [2.24, 2.45) is 0 Å². The van der Waals surface area contributed by atoms with Crippen LogP contribution in [0.1, 0.15) is 15.9 Å². The molecule has 1 unspecified atom stereocenters. The van der Waals surface area contributed by atoms with Crippen LogP contribution in [0.15, 0.2) is 72.9 Å². The van der Waals surface area contributed by atoms with Gasteiger partial charge in [0.25, 0.3) is 17.5 Å². The Hall–Kier alpha value is -4.41. The van der Waals surface area contributed by atoms with Gasteiger partial charge >= 0.3 is 5.97 Å². The number of nitro groups is 1. The topological polar surface area (TPSA) is 143 Å². The van der Waals surface area contributed by atoms with Gasteiger partial charge in [-0.25, -0.2) is 4.79 Å². The summed E-state index contributed by atoms with van der Waals surface area (Å²) in [6.45, 7) is -0.718. The van der Waals surface area contributed by atoms with E-state index >= 15 is 0 Å². The SMILES string of the molecule is O=C(COC(=O)C(Cc1c[nH]c2ccccc12)NC(=O)c1ccccc1Cl)Nc1cc([N+](=O)[O-])ccc1Cl. The van der Waals surface area contributed by atoms with Gasteiger partial charge in [0.2, 0.25) is 0 Å². The molecule has 0 aliphatic carbocycles. The Morgan fingerprint density at radius 3 is 2.50 bits per heavy atom. The van der Waals surface area contributed by atoms with Crippen molar-refractivity contribution in [2.45, 2.75) is 12.5 Å². The van der Waals surface area contributed by atoms with Gasteiger partial charge in [-0.1, -0.05) is 53.5 Å². The van der Waals surface area contributed by atoms with Crippen LogP contribution >= 0.6 is 23.2 Å². The maximum Gasteiger partial charge on any atom is 0.329 e. The molecular formula is C26H20Cl2N4O6. The Bertz CT molecular complexity index is 1540. The fraction of sp³-hybridized carbons (Fsp3) is 0.115. The van der Waals surface area contributed by atoms with E-state index in [2.05, 4.69) is 15.6 Å². The van der Waals surface area contributed by atoms with Crippen molar-refractivity contribution in [3.63, 3.8) is 0 Å². The number of fused-ring (bicyclic) bond motifs is 1. The van der Waals surface area contributed by atoms with Gasteiger partial charge in [-0.05, 0) is 29.8 Å². The number of ether oxygens (including phenoxy) is 1. The summed E-state index contributed by atoms with van der Waals surface area (Å²) in [5, 5.41) is 17.2. The minimum Gasteiger partial charge on any atom is -0.454 e. The summed E-state index contributed by atoms with van der Waals surface area (Å²) < 4.78 is 5.20. The highest BCUT2D eigenvalue weighted by Gasteiger charge is 2.26. The van der Waals surface area contributed by atoms with E-state index in [0.717, 1.165) is 22.5 Å². The summed E-state index contributed by atoms with van der Waals surface area (Å²) in [7, 11) is 0. The van der Waals surface area contributed by atoms with Crippen LogP contribution in [0.3, 0.4) is 0 Å². The third-order valence-corrected chi connectivity index (χ3v) is 6.25. The quantitative estimate of drug-likeness (QED) is 0.152. The van der Waals surface area contributed by atoms with E-state index < -0.39 is 35.4 Å². The number of hydrogen-bond acceptors (Lipinski definition) is 6. The van der Waals surface area contributed by atoms with Gasteiger partial charge in [0, 0.05) is 35.7 Å². The Kier molecular flexibility index (Phi) is 8.25. The zero-order valence-electron chi connectivity index (χ0n) is 19.6. The number of nitrogens with zero attached hydrogens (tertiary/aromatic N) is 1. The van der Waals surface area contributed by atoms with Crippen molar-refractivity contribution in [3.05, 3.63) is 104 Å². The number of nitro benzene ring substituents is 1. The molecule has 2 amide bonds. The number of para-hydroxylation sites is 1. The number of aromatic amines is 1. The van der Waals surface area contributed by atoms with Crippen molar-refractivity contribution in [1.82, 2.24) is 10.3 Å². The lowest BCUT2D eigenvalue weighted by Crippen LogP contribution is -2.44. The summed E-state index contributed by atoms with van der Waals surface area (Å²) in [6.07, 6.45) is 1.79. The van der Waals surface area contributed by atoms with E-state index in [-0.39, 0.29) is 33.4 Å². The first-order chi connectivity index (χ1) is 18.2. The number of amides is 2. The molecule has 4 aromatic rings. The molecule has 12 heteroatoms.